The summed E-state index contributed by atoms with van der Waals surface area (Å²) in [7, 11) is 0. The van der Waals surface area contributed by atoms with Crippen molar-refractivity contribution in [3.63, 3.8) is 0 Å². The molecule has 0 fully saturated rings. The molecule has 1 heterocycles. The Morgan fingerprint density at radius 1 is 1.08 bits per heavy atom. The number of benzene rings is 2. The summed E-state index contributed by atoms with van der Waals surface area (Å²) in [5, 5.41) is 6.91. The largest absolute Gasteiger partial charge is 0.468 e. The van der Waals surface area contributed by atoms with Crippen LogP contribution in [0.15, 0.2) is 71.3 Å². The molecule has 0 aliphatic rings. The van der Waals surface area contributed by atoms with Gasteiger partial charge in [-0.3, -0.25) is 10.1 Å². The molecule has 2 aromatic carbocycles. The van der Waals surface area contributed by atoms with Crippen LogP contribution >= 0.6 is 11.6 Å². The predicted octanol–water partition coefficient (Wildman–Crippen LogP) is 5.27. The minimum Gasteiger partial charge on any atom is -0.468 e. The maximum absolute atomic E-state index is 13.0. The topological polar surface area (TPSA) is 54.3 Å². The van der Waals surface area contributed by atoms with Crippen LogP contribution in [0.25, 0.3) is 0 Å². The monoisotopic (exact) mass is 368 g/mol. The van der Waals surface area contributed by atoms with E-state index in [0.717, 1.165) is 16.9 Å². The Morgan fingerprint density at radius 2 is 1.85 bits per heavy atom. The van der Waals surface area contributed by atoms with E-state index in [-0.39, 0.29) is 11.9 Å². The molecule has 0 aliphatic heterocycles. The molecule has 1 amide bonds. The van der Waals surface area contributed by atoms with E-state index < -0.39 is 6.04 Å². The lowest BCUT2D eigenvalue weighted by Gasteiger charge is -2.22. The number of nitrogens with one attached hydrogen (secondary N) is 2. The first kappa shape index (κ1) is 18.2. The van der Waals surface area contributed by atoms with Crippen LogP contribution in [-0.4, -0.2) is 5.91 Å². The summed E-state index contributed by atoms with van der Waals surface area (Å²) in [4.78, 5) is 13.0. The van der Waals surface area contributed by atoms with E-state index >= 15 is 0 Å². The second-order valence-electron chi connectivity index (χ2n) is 6.20. The van der Waals surface area contributed by atoms with E-state index in [0.29, 0.717) is 10.7 Å². The van der Waals surface area contributed by atoms with Crippen molar-refractivity contribution in [3.8, 4) is 0 Å². The zero-order chi connectivity index (χ0) is 18.5. The van der Waals surface area contributed by atoms with Gasteiger partial charge < -0.3 is 9.73 Å². The van der Waals surface area contributed by atoms with Crippen molar-refractivity contribution in [3.05, 3.63) is 88.8 Å². The first-order valence-corrected chi connectivity index (χ1v) is 8.84. The molecule has 3 aromatic rings. The highest BCUT2D eigenvalue weighted by molar-refractivity contribution is 6.31. The number of hydrogen-bond donors (Lipinski definition) is 2. The lowest BCUT2D eigenvalue weighted by atomic mass is 10.0. The van der Waals surface area contributed by atoms with Gasteiger partial charge in [0.15, 0.2) is 0 Å². The van der Waals surface area contributed by atoms with E-state index in [4.69, 9.17) is 16.0 Å². The highest BCUT2D eigenvalue weighted by atomic mass is 35.5. The van der Waals surface area contributed by atoms with Crippen molar-refractivity contribution in [2.75, 3.05) is 5.32 Å². The van der Waals surface area contributed by atoms with Gasteiger partial charge >= 0.3 is 0 Å². The third kappa shape index (κ3) is 4.34. The van der Waals surface area contributed by atoms with Crippen LogP contribution in [-0.2, 0) is 4.79 Å². The first-order chi connectivity index (χ1) is 12.5. The molecule has 26 heavy (non-hydrogen) atoms. The molecule has 0 spiro atoms. The molecule has 0 unspecified atom stereocenters. The SMILES string of the molecule is Cc1ccc(NC(=O)[C@@H](N[C@@H](C)c2ccco2)c2ccccc2)cc1Cl. The van der Waals surface area contributed by atoms with Crippen LogP contribution in [0.1, 0.15) is 35.9 Å². The Bertz CT molecular complexity index is 863. The lowest BCUT2D eigenvalue weighted by molar-refractivity contribution is -0.118. The van der Waals surface area contributed by atoms with Gasteiger partial charge in [-0.2, -0.15) is 0 Å². The predicted molar refractivity (Wildman–Crippen MR) is 104 cm³/mol. The quantitative estimate of drug-likeness (QED) is 0.623. The van der Waals surface area contributed by atoms with E-state index in [2.05, 4.69) is 10.6 Å². The van der Waals surface area contributed by atoms with Gasteiger partial charge in [-0.1, -0.05) is 48.0 Å². The summed E-state index contributed by atoms with van der Waals surface area (Å²) in [5.74, 6) is 0.617. The van der Waals surface area contributed by atoms with Gasteiger partial charge in [0.1, 0.15) is 11.8 Å². The molecule has 0 saturated carbocycles. The maximum Gasteiger partial charge on any atom is 0.246 e. The van der Waals surface area contributed by atoms with E-state index in [1.54, 1.807) is 12.3 Å². The van der Waals surface area contributed by atoms with E-state index in [1.807, 2.05) is 68.4 Å². The lowest BCUT2D eigenvalue weighted by Crippen LogP contribution is -2.34. The van der Waals surface area contributed by atoms with Crippen molar-refractivity contribution in [2.24, 2.45) is 0 Å². The third-order valence-corrected chi connectivity index (χ3v) is 4.63. The summed E-state index contributed by atoms with van der Waals surface area (Å²) in [5.41, 5.74) is 2.51. The number of anilines is 1. The van der Waals surface area contributed by atoms with Crippen LogP contribution in [0.2, 0.25) is 5.02 Å². The van der Waals surface area contributed by atoms with Crippen LogP contribution in [0, 0.1) is 6.92 Å². The second-order valence-corrected chi connectivity index (χ2v) is 6.61. The molecule has 134 valence electrons. The van der Waals surface area contributed by atoms with Crippen molar-refractivity contribution >= 4 is 23.2 Å². The van der Waals surface area contributed by atoms with E-state index in [9.17, 15) is 4.79 Å². The van der Waals surface area contributed by atoms with Gasteiger partial charge in [0.2, 0.25) is 5.91 Å². The molecule has 4 nitrogen and oxygen atoms in total. The Kier molecular flexibility index (Phi) is 5.76. The average Bonchev–Trinajstić information content (AvgIpc) is 3.18. The molecular weight excluding hydrogens is 348 g/mol. The Balaban J connectivity index is 1.82. The number of carbonyl (C=O) groups is 1. The molecule has 2 atom stereocenters. The van der Waals surface area contributed by atoms with Crippen molar-refractivity contribution in [1.29, 1.82) is 0 Å². The number of aryl methyl sites for hydroxylation is 1. The highest BCUT2D eigenvalue weighted by Crippen LogP contribution is 2.24. The smallest absolute Gasteiger partial charge is 0.246 e. The van der Waals surface area contributed by atoms with Crippen LogP contribution in [0.4, 0.5) is 5.69 Å². The number of amides is 1. The Labute approximate surface area is 158 Å². The molecule has 5 heteroatoms. The number of rotatable bonds is 6. The van der Waals surface area contributed by atoms with Crippen LogP contribution in [0.5, 0.6) is 0 Å². The summed E-state index contributed by atoms with van der Waals surface area (Å²) in [6.45, 7) is 3.89. The minimum absolute atomic E-state index is 0.123. The maximum atomic E-state index is 13.0. The summed E-state index contributed by atoms with van der Waals surface area (Å²) in [6.07, 6.45) is 1.62. The molecule has 0 bridgehead atoms. The standard InChI is InChI=1S/C21H21ClN2O2/c1-14-10-11-17(13-18(14)22)24-21(25)20(16-7-4-3-5-8-16)23-15(2)19-9-6-12-26-19/h3-13,15,20,23H,1-2H3,(H,24,25)/t15-,20-/m0/s1. The third-order valence-electron chi connectivity index (χ3n) is 4.22. The van der Waals surface area contributed by atoms with Gasteiger partial charge in [0.25, 0.3) is 0 Å². The zero-order valence-corrected chi connectivity index (χ0v) is 15.5. The van der Waals surface area contributed by atoms with Crippen LogP contribution < -0.4 is 10.6 Å². The normalized spacial score (nSPS) is 13.2. The molecular formula is C21H21ClN2O2. The van der Waals surface area contributed by atoms with Gasteiger partial charge in [0.05, 0.1) is 12.3 Å². The molecule has 0 saturated heterocycles. The number of halogens is 1. The van der Waals surface area contributed by atoms with Gasteiger partial charge in [-0.05, 0) is 49.2 Å². The van der Waals surface area contributed by atoms with Gasteiger partial charge in [-0.25, -0.2) is 0 Å². The fraction of sp³-hybridized carbons (Fsp3) is 0.190. The Morgan fingerprint density at radius 3 is 2.50 bits per heavy atom. The zero-order valence-electron chi connectivity index (χ0n) is 14.7. The van der Waals surface area contributed by atoms with E-state index in [1.165, 1.54) is 0 Å². The van der Waals surface area contributed by atoms with Crippen molar-refractivity contribution in [1.82, 2.24) is 5.32 Å². The summed E-state index contributed by atoms with van der Waals surface area (Å²) >= 11 is 6.17. The number of furan rings is 1. The fourth-order valence-corrected chi connectivity index (χ4v) is 2.90. The molecule has 0 aliphatic carbocycles. The number of carbonyl (C=O) groups excluding carboxylic acids is 1. The van der Waals surface area contributed by atoms with Gasteiger partial charge in [0, 0.05) is 10.7 Å². The molecule has 0 radical (unpaired) electrons. The highest BCUT2D eigenvalue weighted by Gasteiger charge is 2.24. The van der Waals surface area contributed by atoms with Crippen LogP contribution in [0.3, 0.4) is 0 Å². The average molecular weight is 369 g/mol. The molecule has 3 rings (SSSR count). The number of hydrogen-bond acceptors (Lipinski definition) is 3. The molecule has 2 N–H and O–H groups in total. The van der Waals surface area contributed by atoms with Crippen molar-refractivity contribution < 1.29 is 9.21 Å². The van der Waals surface area contributed by atoms with Crippen molar-refractivity contribution in [2.45, 2.75) is 25.9 Å². The second kappa shape index (κ2) is 8.21. The summed E-state index contributed by atoms with van der Waals surface area (Å²) < 4.78 is 5.45. The van der Waals surface area contributed by atoms with Gasteiger partial charge in [-0.15, -0.1) is 0 Å². The molecule has 1 aromatic heterocycles. The first-order valence-electron chi connectivity index (χ1n) is 8.46. The fourth-order valence-electron chi connectivity index (χ4n) is 2.72. The minimum atomic E-state index is -0.531. The summed E-state index contributed by atoms with van der Waals surface area (Å²) in [6, 6.07) is 18.2. The Hall–Kier alpha value is -2.56.